The van der Waals surface area contributed by atoms with E-state index in [1.165, 1.54) is 12.1 Å². The van der Waals surface area contributed by atoms with Crippen LogP contribution in [0.15, 0.2) is 61.1 Å². The molecule has 0 saturated carbocycles. The van der Waals surface area contributed by atoms with Gasteiger partial charge < -0.3 is 15.0 Å². The highest BCUT2D eigenvalue weighted by Crippen LogP contribution is 2.31. The van der Waals surface area contributed by atoms with Crippen LogP contribution in [0.2, 0.25) is 5.02 Å². The summed E-state index contributed by atoms with van der Waals surface area (Å²) in [7, 11) is 0. The third-order valence-electron chi connectivity index (χ3n) is 4.67. The van der Waals surface area contributed by atoms with Gasteiger partial charge in [-0.25, -0.2) is 14.4 Å². The van der Waals surface area contributed by atoms with Gasteiger partial charge in [0.25, 0.3) is 0 Å². The predicted octanol–water partition coefficient (Wildman–Crippen LogP) is 4.73. The Hall–Kier alpha value is -2.96. The van der Waals surface area contributed by atoms with Crippen LogP contribution in [0.3, 0.4) is 0 Å². The molecule has 0 radical (unpaired) electrons. The second-order valence-corrected chi connectivity index (χ2v) is 7.17. The van der Waals surface area contributed by atoms with Gasteiger partial charge in [-0.1, -0.05) is 29.8 Å². The molecule has 0 aliphatic heterocycles. The van der Waals surface area contributed by atoms with E-state index in [2.05, 4.69) is 15.3 Å². The van der Waals surface area contributed by atoms with Crippen LogP contribution in [0.25, 0.3) is 22.2 Å². The van der Waals surface area contributed by atoms with Crippen molar-refractivity contribution in [1.29, 1.82) is 0 Å². The lowest BCUT2D eigenvalue weighted by Crippen LogP contribution is -2.05. The van der Waals surface area contributed by atoms with Gasteiger partial charge in [0, 0.05) is 31.5 Å². The Kier molecular flexibility index (Phi) is 5.74. The third-order valence-corrected chi connectivity index (χ3v) is 4.97. The Morgan fingerprint density at radius 1 is 1.10 bits per heavy atom. The van der Waals surface area contributed by atoms with E-state index in [4.69, 9.17) is 16.7 Å². The predicted molar refractivity (Wildman–Crippen MR) is 114 cm³/mol. The average Bonchev–Trinajstić information content (AvgIpc) is 3.11. The van der Waals surface area contributed by atoms with Crippen LogP contribution >= 0.6 is 11.6 Å². The van der Waals surface area contributed by atoms with Gasteiger partial charge in [0.1, 0.15) is 11.6 Å². The van der Waals surface area contributed by atoms with Crippen molar-refractivity contribution < 1.29 is 9.50 Å². The van der Waals surface area contributed by atoms with Gasteiger partial charge >= 0.3 is 0 Å². The van der Waals surface area contributed by atoms with E-state index in [-0.39, 0.29) is 12.4 Å². The fourth-order valence-corrected chi connectivity index (χ4v) is 3.45. The number of aromatic nitrogens is 3. The van der Waals surface area contributed by atoms with E-state index in [1.54, 1.807) is 18.6 Å². The fraction of sp³-hybridized carbons (Fsp3) is 0.182. The normalized spacial score (nSPS) is 11.1. The Morgan fingerprint density at radius 2 is 2.00 bits per heavy atom. The van der Waals surface area contributed by atoms with Gasteiger partial charge in [-0.05, 0) is 47.9 Å². The Bertz CT molecular complexity index is 1140. The van der Waals surface area contributed by atoms with Gasteiger partial charge in [0.15, 0.2) is 0 Å². The zero-order valence-electron chi connectivity index (χ0n) is 15.6. The van der Waals surface area contributed by atoms with Gasteiger partial charge in [0.05, 0.1) is 22.4 Å². The summed E-state index contributed by atoms with van der Waals surface area (Å²) in [5.74, 6) is 0.448. The Balaban J connectivity index is 1.67. The summed E-state index contributed by atoms with van der Waals surface area (Å²) in [6.45, 7) is 1.28. The number of anilines is 1. The largest absolute Gasteiger partial charge is 0.396 e. The number of benzene rings is 2. The molecule has 0 amide bonds. The lowest BCUT2D eigenvalue weighted by molar-refractivity contribution is 0.292. The first-order valence-electron chi connectivity index (χ1n) is 9.34. The molecule has 7 heteroatoms. The molecule has 4 rings (SSSR count). The van der Waals surface area contributed by atoms with Gasteiger partial charge in [-0.2, -0.15) is 0 Å². The summed E-state index contributed by atoms with van der Waals surface area (Å²) in [5, 5.41) is 12.7. The van der Waals surface area contributed by atoms with E-state index in [9.17, 15) is 4.39 Å². The van der Waals surface area contributed by atoms with Gasteiger partial charge in [0.2, 0.25) is 0 Å². The number of rotatable bonds is 7. The lowest BCUT2D eigenvalue weighted by atomic mass is 10.1. The minimum Gasteiger partial charge on any atom is -0.396 e. The highest BCUT2D eigenvalue weighted by atomic mass is 35.5. The second kappa shape index (κ2) is 8.59. The van der Waals surface area contributed by atoms with Crippen LogP contribution in [-0.2, 0) is 6.54 Å². The zero-order valence-corrected chi connectivity index (χ0v) is 16.4. The fourth-order valence-electron chi connectivity index (χ4n) is 3.23. The molecule has 5 nitrogen and oxygen atoms in total. The molecule has 0 atom stereocenters. The summed E-state index contributed by atoms with van der Waals surface area (Å²) in [5.41, 5.74) is 4.46. The maximum Gasteiger partial charge on any atom is 0.126 e. The number of aliphatic hydroxyl groups excluding tert-OH is 1. The SMILES string of the molecule is OCCCNc1cc(-c2ccc3ncn(Cc4cccc(F)c4)c3c2)c(Cl)cn1. The average molecular weight is 411 g/mol. The molecule has 2 aromatic carbocycles. The molecule has 0 aliphatic carbocycles. The molecule has 0 spiro atoms. The highest BCUT2D eigenvalue weighted by molar-refractivity contribution is 6.33. The molecule has 148 valence electrons. The molecule has 2 heterocycles. The van der Waals surface area contributed by atoms with Crippen molar-refractivity contribution in [1.82, 2.24) is 14.5 Å². The number of pyridine rings is 1. The molecule has 0 unspecified atom stereocenters. The van der Waals surface area contributed by atoms with Gasteiger partial charge in [-0.15, -0.1) is 0 Å². The number of imidazole rings is 1. The van der Waals surface area contributed by atoms with Crippen LogP contribution < -0.4 is 5.32 Å². The molecule has 0 aliphatic rings. The topological polar surface area (TPSA) is 63.0 Å². The summed E-state index contributed by atoms with van der Waals surface area (Å²) in [4.78, 5) is 8.74. The minimum atomic E-state index is -0.252. The van der Waals surface area contributed by atoms with Crippen LogP contribution in [0.1, 0.15) is 12.0 Å². The van der Waals surface area contributed by atoms with E-state index in [0.29, 0.717) is 30.4 Å². The van der Waals surface area contributed by atoms with Crippen LogP contribution in [0.5, 0.6) is 0 Å². The minimum absolute atomic E-state index is 0.124. The van der Waals surface area contributed by atoms with E-state index < -0.39 is 0 Å². The van der Waals surface area contributed by atoms with Crippen molar-refractivity contribution in [3.8, 4) is 11.1 Å². The van der Waals surface area contributed by atoms with E-state index in [1.807, 2.05) is 34.9 Å². The number of nitrogens with zero attached hydrogens (tertiary/aromatic N) is 3. The molecule has 0 bridgehead atoms. The highest BCUT2D eigenvalue weighted by Gasteiger charge is 2.10. The number of halogens is 2. The van der Waals surface area contributed by atoms with Crippen LogP contribution in [0.4, 0.5) is 10.2 Å². The van der Waals surface area contributed by atoms with Crippen molar-refractivity contribution in [2.24, 2.45) is 0 Å². The number of aliphatic hydroxyl groups is 1. The Labute approximate surface area is 172 Å². The molecule has 29 heavy (non-hydrogen) atoms. The maximum atomic E-state index is 13.5. The first kappa shape index (κ1) is 19.4. The molecular weight excluding hydrogens is 391 g/mol. The maximum absolute atomic E-state index is 13.5. The van der Waals surface area contributed by atoms with Crippen molar-refractivity contribution >= 4 is 28.5 Å². The third kappa shape index (κ3) is 4.39. The summed E-state index contributed by atoms with van der Waals surface area (Å²) in [6.07, 6.45) is 4.02. The number of hydrogen-bond acceptors (Lipinski definition) is 4. The first-order valence-corrected chi connectivity index (χ1v) is 9.72. The molecular formula is C22H20ClFN4O. The lowest BCUT2D eigenvalue weighted by Gasteiger charge is -2.10. The summed E-state index contributed by atoms with van der Waals surface area (Å²) < 4.78 is 15.5. The second-order valence-electron chi connectivity index (χ2n) is 6.76. The quantitative estimate of drug-likeness (QED) is 0.432. The zero-order chi connectivity index (χ0) is 20.2. The molecule has 4 aromatic rings. The van der Waals surface area contributed by atoms with Crippen molar-refractivity contribution in [3.05, 3.63) is 77.5 Å². The molecule has 0 saturated heterocycles. The first-order chi connectivity index (χ1) is 14.1. The smallest absolute Gasteiger partial charge is 0.126 e. The summed E-state index contributed by atoms with van der Waals surface area (Å²) in [6, 6.07) is 14.4. The summed E-state index contributed by atoms with van der Waals surface area (Å²) >= 11 is 6.41. The van der Waals surface area contributed by atoms with Crippen LogP contribution in [0, 0.1) is 5.82 Å². The number of hydrogen-bond donors (Lipinski definition) is 2. The van der Waals surface area contributed by atoms with Crippen molar-refractivity contribution in [2.75, 3.05) is 18.5 Å². The van der Waals surface area contributed by atoms with E-state index >= 15 is 0 Å². The molecule has 0 fully saturated rings. The number of fused-ring (bicyclic) bond motifs is 1. The van der Waals surface area contributed by atoms with Crippen molar-refractivity contribution in [2.45, 2.75) is 13.0 Å². The monoisotopic (exact) mass is 410 g/mol. The van der Waals surface area contributed by atoms with Crippen molar-refractivity contribution in [3.63, 3.8) is 0 Å². The van der Waals surface area contributed by atoms with Crippen LogP contribution in [-0.4, -0.2) is 32.8 Å². The Morgan fingerprint density at radius 3 is 2.83 bits per heavy atom. The van der Waals surface area contributed by atoms with E-state index in [0.717, 1.165) is 27.7 Å². The van der Waals surface area contributed by atoms with Gasteiger partial charge in [-0.3, -0.25) is 0 Å². The standard InChI is InChI=1S/C22H20ClFN4O/c23-19-12-26-22(25-7-2-8-29)11-18(19)16-5-6-20-21(10-16)28(14-27-20)13-15-3-1-4-17(24)9-15/h1,3-6,9-12,14,29H,2,7-8,13H2,(H,25,26). The number of nitrogens with one attached hydrogen (secondary N) is 1. The molecule has 2 N–H and O–H groups in total. The molecule has 2 aromatic heterocycles.